The van der Waals surface area contributed by atoms with Gasteiger partial charge in [-0.05, 0) is 36.2 Å². The van der Waals surface area contributed by atoms with Gasteiger partial charge in [0, 0.05) is 25.4 Å². The minimum Gasteiger partial charge on any atom is -0.384 e. The van der Waals surface area contributed by atoms with Gasteiger partial charge in [-0.3, -0.25) is 0 Å². The standard InChI is InChI=1S/C17H18FN3/c1-2-9-19-15-7-8-17-20-16(12-21(17)11-15)10-13-3-5-14(18)6-4-13/h3-8,11-12,19H,2,9-10H2,1H3. The van der Waals surface area contributed by atoms with E-state index in [0.717, 1.165) is 35.6 Å². The molecule has 0 saturated heterocycles. The van der Waals surface area contributed by atoms with Crippen LogP contribution < -0.4 is 5.32 Å². The van der Waals surface area contributed by atoms with Crippen molar-refractivity contribution < 1.29 is 4.39 Å². The lowest BCUT2D eigenvalue weighted by molar-refractivity contribution is 0.627. The largest absolute Gasteiger partial charge is 0.384 e. The Hall–Kier alpha value is -2.36. The molecule has 0 spiro atoms. The van der Waals surface area contributed by atoms with Gasteiger partial charge in [0.15, 0.2) is 0 Å². The second kappa shape index (κ2) is 5.95. The normalized spacial score (nSPS) is 11.0. The van der Waals surface area contributed by atoms with E-state index in [9.17, 15) is 4.39 Å². The van der Waals surface area contributed by atoms with Crippen LogP contribution in [-0.2, 0) is 6.42 Å². The van der Waals surface area contributed by atoms with Crippen molar-refractivity contribution in [3.05, 3.63) is 65.9 Å². The molecule has 0 fully saturated rings. The lowest BCUT2D eigenvalue weighted by Crippen LogP contribution is -2.00. The molecular weight excluding hydrogens is 265 g/mol. The third-order valence-electron chi connectivity index (χ3n) is 3.38. The maximum absolute atomic E-state index is 12.9. The quantitative estimate of drug-likeness (QED) is 0.770. The van der Waals surface area contributed by atoms with Gasteiger partial charge in [0.1, 0.15) is 11.5 Å². The number of pyridine rings is 1. The van der Waals surface area contributed by atoms with Gasteiger partial charge in [-0.15, -0.1) is 0 Å². The van der Waals surface area contributed by atoms with E-state index in [-0.39, 0.29) is 5.82 Å². The minimum atomic E-state index is -0.208. The van der Waals surface area contributed by atoms with Crippen molar-refractivity contribution in [2.45, 2.75) is 19.8 Å². The van der Waals surface area contributed by atoms with Crippen molar-refractivity contribution in [3.8, 4) is 0 Å². The fourth-order valence-corrected chi connectivity index (χ4v) is 2.31. The molecule has 0 atom stereocenters. The number of anilines is 1. The number of nitrogens with zero attached hydrogens (tertiary/aromatic N) is 2. The Kier molecular flexibility index (Phi) is 3.86. The van der Waals surface area contributed by atoms with Crippen molar-refractivity contribution in [1.82, 2.24) is 9.38 Å². The summed E-state index contributed by atoms with van der Waals surface area (Å²) in [6.07, 6.45) is 5.87. The highest BCUT2D eigenvalue weighted by Gasteiger charge is 2.04. The molecule has 1 N–H and O–H groups in total. The topological polar surface area (TPSA) is 29.3 Å². The van der Waals surface area contributed by atoms with Gasteiger partial charge in [-0.2, -0.15) is 0 Å². The summed E-state index contributed by atoms with van der Waals surface area (Å²) in [6.45, 7) is 3.10. The summed E-state index contributed by atoms with van der Waals surface area (Å²) >= 11 is 0. The summed E-state index contributed by atoms with van der Waals surface area (Å²) < 4.78 is 14.9. The van der Waals surface area contributed by atoms with Crippen LogP contribution >= 0.6 is 0 Å². The van der Waals surface area contributed by atoms with Crippen LogP contribution in [0.2, 0.25) is 0 Å². The SMILES string of the molecule is CCCNc1ccc2nc(Cc3ccc(F)cc3)cn2c1. The van der Waals surface area contributed by atoms with Crippen LogP contribution in [0.5, 0.6) is 0 Å². The molecule has 0 radical (unpaired) electrons. The second-order valence-electron chi connectivity index (χ2n) is 5.15. The molecule has 0 aliphatic heterocycles. The van der Waals surface area contributed by atoms with Crippen molar-refractivity contribution in [2.75, 3.05) is 11.9 Å². The number of halogens is 1. The smallest absolute Gasteiger partial charge is 0.137 e. The summed E-state index contributed by atoms with van der Waals surface area (Å²) in [7, 11) is 0. The van der Waals surface area contributed by atoms with Gasteiger partial charge in [0.25, 0.3) is 0 Å². The molecule has 108 valence electrons. The molecule has 0 bridgehead atoms. The van der Waals surface area contributed by atoms with E-state index < -0.39 is 0 Å². The van der Waals surface area contributed by atoms with E-state index in [1.165, 1.54) is 12.1 Å². The third-order valence-corrected chi connectivity index (χ3v) is 3.38. The minimum absolute atomic E-state index is 0.208. The molecule has 0 saturated carbocycles. The average Bonchev–Trinajstić information content (AvgIpc) is 2.89. The van der Waals surface area contributed by atoms with Crippen LogP contribution in [0.3, 0.4) is 0 Å². The molecule has 21 heavy (non-hydrogen) atoms. The van der Waals surface area contributed by atoms with E-state index >= 15 is 0 Å². The van der Waals surface area contributed by atoms with Crippen LogP contribution in [0.25, 0.3) is 5.65 Å². The first-order chi connectivity index (χ1) is 10.2. The van der Waals surface area contributed by atoms with Crippen molar-refractivity contribution in [1.29, 1.82) is 0 Å². The van der Waals surface area contributed by atoms with Gasteiger partial charge >= 0.3 is 0 Å². The fraction of sp³-hybridized carbons (Fsp3) is 0.235. The Morgan fingerprint density at radius 1 is 1.10 bits per heavy atom. The lowest BCUT2D eigenvalue weighted by atomic mass is 10.1. The molecular formula is C17H18FN3. The van der Waals surface area contributed by atoms with Crippen LogP contribution in [0, 0.1) is 5.82 Å². The Balaban J connectivity index is 1.81. The molecule has 0 unspecified atom stereocenters. The highest BCUT2D eigenvalue weighted by atomic mass is 19.1. The third kappa shape index (κ3) is 3.21. The van der Waals surface area contributed by atoms with E-state index in [1.54, 1.807) is 12.1 Å². The molecule has 3 nitrogen and oxygen atoms in total. The molecule has 0 aliphatic rings. The molecule has 3 rings (SSSR count). The molecule has 2 heterocycles. The first-order valence-corrected chi connectivity index (χ1v) is 7.20. The summed E-state index contributed by atoms with van der Waals surface area (Å²) in [5, 5.41) is 3.36. The maximum atomic E-state index is 12.9. The van der Waals surface area contributed by atoms with Crippen molar-refractivity contribution in [2.24, 2.45) is 0 Å². The number of rotatable bonds is 5. The number of imidazole rings is 1. The monoisotopic (exact) mass is 283 g/mol. The molecule has 4 heteroatoms. The predicted octanol–water partition coefficient (Wildman–Crippen LogP) is 3.89. The van der Waals surface area contributed by atoms with E-state index in [4.69, 9.17) is 0 Å². The molecule has 2 aromatic heterocycles. The summed E-state index contributed by atoms with van der Waals surface area (Å²) in [5.41, 5.74) is 4.06. The number of aromatic nitrogens is 2. The van der Waals surface area contributed by atoms with Gasteiger partial charge < -0.3 is 9.72 Å². The summed E-state index contributed by atoms with van der Waals surface area (Å²) in [6, 6.07) is 10.6. The Morgan fingerprint density at radius 2 is 1.90 bits per heavy atom. The average molecular weight is 283 g/mol. The maximum Gasteiger partial charge on any atom is 0.137 e. The van der Waals surface area contributed by atoms with Crippen LogP contribution in [-0.4, -0.2) is 15.9 Å². The molecule has 0 amide bonds. The van der Waals surface area contributed by atoms with E-state index in [1.807, 2.05) is 28.9 Å². The highest BCUT2D eigenvalue weighted by Crippen LogP contribution is 2.14. The van der Waals surface area contributed by atoms with Crippen LogP contribution in [0.4, 0.5) is 10.1 Å². The number of hydrogen-bond donors (Lipinski definition) is 1. The molecule has 3 aromatic rings. The Bertz CT molecular complexity index is 731. The van der Waals surface area contributed by atoms with E-state index in [0.29, 0.717) is 6.42 Å². The summed E-state index contributed by atoms with van der Waals surface area (Å²) in [5.74, 6) is -0.208. The van der Waals surface area contributed by atoms with Crippen LogP contribution in [0.1, 0.15) is 24.6 Å². The first-order valence-electron chi connectivity index (χ1n) is 7.20. The van der Waals surface area contributed by atoms with E-state index in [2.05, 4.69) is 17.2 Å². The number of fused-ring (bicyclic) bond motifs is 1. The second-order valence-corrected chi connectivity index (χ2v) is 5.15. The number of hydrogen-bond acceptors (Lipinski definition) is 2. The van der Waals surface area contributed by atoms with Crippen molar-refractivity contribution in [3.63, 3.8) is 0 Å². The number of nitrogens with one attached hydrogen (secondary N) is 1. The Labute approximate surface area is 123 Å². The zero-order valence-electron chi connectivity index (χ0n) is 12.0. The van der Waals surface area contributed by atoms with Gasteiger partial charge in [-0.25, -0.2) is 9.37 Å². The summed E-state index contributed by atoms with van der Waals surface area (Å²) in [4.78, 5) is 4.59. The first kappa shape index (κ1) is 13.6. The lowest BCUT2D eigenvalue weighted by Gasteiger charge is -2.04. The Morgan fingerprint density at radius 3 is 2.67 bits per heavy atom. The highest BCUT2D eigenvalue weighted by molar-refractivity contribution is 5.51. The number of benzene rings is 1. The fourth-order valence-electron chi connectivity index (χ4n) is 2.31. The van der Waals surface area contributed by atoms with Gasteiger partial charge in [-0.1, -0.05) is 19.1 Å². The van der Waals surface area contributed by atoms with Gasteiger partial charge in [0.2, 0.25) is 0 Å². The predicted molar refractivity (Wildman–Crippen MR) is 83.2 cm³/mol. The van der Waals surface area contributed by atoms with Crippen LogP contribution in [0.15, 0.2) is 48.8 Å². The zero-order chi connectivity index (χ0) is 14.7. The van der Waals surface area contributed by atoms with Crippen molar-refractivity contribution >= 4 is 11.3 Å². The molecule has 0 aliphatic carbocycles. The van der Waals surface area contributed by atoms with Gasteiger partial charge in [0.05, 0.1) is 11.4 Å². The molecule has 1 aromatic carbocycles. The zero-order valence-corrected chi connectivity index (χ0v) is 12.0.